The Morgan fingerprint density at radius 2 is 0.457 bits per heavy atom. The normalized spacial score (nSPS) is 13.5. The lowest BCUT2D eigenvalue weighted by Crippen LogP contribution is -2.53. The monoisotopic (exact) mass is 1010 g/mol. The summed E-state index contributed by atoms with van der Waals surface area (Å²) in [4.78, 5) is 4.32. The van der Waals surface area contributed by atoms with Crippen LogP contribution in [0.25, 0.3) is 0 Å². The van der Waals surface area contributed by atoms with Gasteiger partial charge in [0.25, 0.3) is 0 Å². The zero-order valence-corrected chi connectivity index (χ0v) is 54.4. The van der Waals surface area contributed by atoms with Gasteiger partial charge in [-0.25, -0.2) is 0 Å². The summed E-state index contributed by atoms with van der Waals surface area (Å²) < 4.78 is 0. The number of rotatable bonds is 18. The fourth-order valence-corrected chi connectivity index (χ4v) is 43.8. The van der Waals surface area contributed by atoms with Gasteiger partial charge in [0.15, 0.2) is 0 Å². The first-order chi connectivity index (χ1) is 32.3. The molecule has 0 fully saturated rings. The van der Waals surface area contributed by atoms with Crippen LogP contribution in [0.5, 0.6) is 0 Å². The highest BCUT2D eigenvalue weighted by molar-refractivity contribution is 6.98. The molecule has 6 heteroatoms. The maximum atomic E-state index is 4.16. The standard InChI is InChI=1S/C64H104N2Si4/c1-45(2)67(46(3)4,47(5)6)61(63(69(51(13)14,52(15)16)53(17)18)43-37-57-33-39-59(40-34-57)65(25)26)31-29-30-32-62(68(48(7)8,49(9)10)50(11)12)64(70(54(19)20,55(21)22)56(23)24)44-38-58-35-41-60(42-36-58)66(27)28/h33-36,39-42,45-56H,1-28H3/b63-61+,64-62+. The molecule has 0 radical (unpaired) electrons. The number of allylic oxidation sites excluding steroid dienone is 4. The van der Waals surface area contributed by atoms with Gasteiger partial charge >= 0.3 is 0 Å². The Bertz CT molecular complexity index is 2080. The summed E-state index contributed by atoms with van der Waals surface area (Å²) >= 11 is 0. The average molecular weight is 1010 g/mol. The first-order valence-corrected chi connectivity index (χ1v) is 36.4. The van der Waals surface area contributed by atoms with Crippen molar-refractivity contribution in [2.45, 2.75) is 233 Å². The fraction of sp³-hybridized carbons (Fsp3) is 0.625. The van der Waals surface area contributed by atoms with E-state index in [1.807, 2.05) is 0 Å². The van der Waals surface area contributed by atoms with E-state index in [0.717, 1.165) is 11.1 Å². The van der Waals surface area contributed by atoms with Crippen LogP contribution in [-0.4, -0.2) is 60.5 Å². The fourth-order valence-electron chi connectivity index (χ4n) is 15.2. The van der Waals surface area contributed by atoms with Gasteiger partial charge in [0, 0.05) is 50.7 Å². The molecule has 2 aromatic carbocycles. The van der Waals surface area contributed by atoms with Gasteiger partial charge in [0.1, 0.15) is 32.3 Å². The molecular formula is C64H104N2Si4. The van der Waals surface area contributed by atoms with Gasteiger partial charge in [-0.1, -0.05) is 202 Å². The van der Waals surface area contributed by atoms with Crippen molar-refractivity contribution in [1.29, 1.82) is 0 Å². The molecule has 0 saturated carbocycles. The van der Waals surface area contributed by atoms with Crippen molar-refractivity contribution in [1.82, 2.24) is 0 Å². The number of nitrogens with zero attached hydrogens (tertiary/aromatic N) is 2. The van der Waals surface area contributed by atoms with Gasteiger partial charge in [0.2, 0.25) is 0 Å². The molecule has 70 heavy (non-hydrogen) atoms. The zero-order valence-electron chi connectivity index (χ0n) is 50.4. The SMILES string of the molecule is CC(C)[Si](/C(C#CC#C/C(=C(/C#Cc1ccc(N(C)C)cc1)[Si](C(C)C)(C(C)C)C(C)C)[Si](C(C)C)(C(C)C)C(C)C)=C(\C#Cc1ccc(N(C)C)cc1)[Si](C(C)C)(C(C)C)C(C)C)(C(C)C)C(C)C. The lowest BCUT2D eigenvalue weighted by molar-refractivity contribution is 0.816. The Kier molecular flexibility index (Phi) is 23.3. The van der Waals surface area contributed by atoms with Gasteiger partial charge in [-0.2, -0.15) is 0 Å². The second-order valence-corrected chi connectivity index (χ2v) is 48.3. The van der Waals surface area contributed by atoms with Crippen LogP contribution in [0, 0.1) is 47.4 Å². The molecule has 0 aliphatic rings. The van der Waals surface area contributed by atoms with Gasteiger partial charge in [-0.3, -0.25) is 0 Å². The summed E-state index contributed by atoms with van der Waals surface area (Å²) in [6.07, 6.45) is 0. The molecular weight excluding hydrogens is 909 g/mol. The van der Waals surface area contributed by atoms with Gasteiger partial charge in [-0.15, -0.1) is 0 Å². The van der Waals surface area contributed by atoms with Crippen LogP contribution in [0.15, 0.2) is 69.3 Å². The third-order valence-electron chi connectivity index (χ3n) is 17.6. The van der Waals surface area contributed by atoms with E-state index < -0.39 is 32.3 Å². The smallest absolute Gasteiger partial charge is 0.106 e. The molecule has 0 atom stereocenters. The van der Waals surface area contributed by atoms with E-state index in [1.165, 1.54) is 32.2 Å². The molecule has 0 N–H and O–H groups in total. The quantitative estimate of drug-likeness (QED) is 0.108. The van der Waals surface area contributed by atoms with E-state index in [9.17, 15) is 0 Å². The molecule has 0 unspecified atom stereocenters. The minimum absolute atomic E-state index is 0.459. The minimum atomic E-state index is -2.41. The molecule has 0 aromatic heterocycles. The predicted molar refractivity (Wildman–Crippen MR) is 329 cm³/mol. The van der Waals surface area contributed by atoms with Crippen molar-refractivity contribution >= 4 is 43.7 Å². The first kappa shape index (κ1) is 62.7. The number of hydrogen-bond donors (Lipinski definition) is 0. The van der Waals surface area contributed by atoms with Crippen molar-refractivity contribution < 1.29 is 0 Å². The predicted octanol–water partition coefficient (Wildman–Crippen LogP) is 18.7. The zero-order chi connectivity index (χ0) is 54.0. The van der Waals surface area contributed by atoms with E-state index in [2.05, 4.69) is 300 Å². The van der Waals surface area contributed by atoms with Crippen LogP contribution in [0.2, 0.25) is 66.5 Å². The number of hydrogen-bond acceptors (Lipinski definition) is 2. The van der Waals surface area contributed by atoms with Gasteiger partial charge in [-0.05, 0) is 148 Å². The van der Waals surface area contributed by atoms with Crippen molar-refractivity contribution in [2.24, 2.45) is 0 Å². The first-order valence-electron chi connectivity index (χ1n) is 27.4. The average Bonchev–Trinajstić information content (AvgIpc) is 3.23. The van der Waals surface area contributed by atoms with Gasteiger partial charge in [0.05, 0.1) is 0 Å². The number of benzene rings is 2. The molecule has 386 valence electrons. The summed E-state index contributed by atoms with van der Waals surface area (Å²) in [5, 5.41) is 5.60. The molecule has 2 aromatic rings. The summed E-state index contributed by atoms with van der Waals surface area (Å²) in [6, 6.07) is 17.6. The van der Waals surface area contributed by atoms with E-state index in [0.29, 0.717) is 66.5 Å². The van der Waals surface area contributed by atoms with E-state index in [-0.39, 0.29) is 0 Å². The molecule has 0 amide bonds. The minimum Gasteiger partial charge on any atom is -0.378 e. The second kappa shape index (κ2) is 26.0. The highest BCUT2D eigenvalue weighted by atomic mass is 28.3. The van der Waals surface area contributed by atoms with Crippen molar-refractivity contribution in [3.8, 4) is 47.4 Å². The van der Waals surface area contributed by atoms with Gasteiger partial charge < -0.3 is 9.80 Å². The summed E-state index contributed by atoms with van der Waals surface area (Å²) in [6.45, 7) is 59.9. The molecule has 0 saturated heterocycles. The van der Waals surface area contributed by atoms with Crippen LogP contribution in [0.1, 0.15) is 177 Å². The third-order valence-corrected chi connectivity index (χ3v) is 46.0. The van der Waals surface area contributed by atoms with Crippen LogP contribution in [0.3, 0.4) is 0 Å². The van der Waals surface area contributed by atoms with E-state index in [4.69, 9.17) is 0 Å². The molecule has 2 nitrogen and oxygen atoms in total. The topological polar surface area (TPSA) is 6.48 Å². The summed E-state index contributed by atoms with van der Waals surface area (Å²) in [5.74, 6) is 31.8. The third kappa shape index (κ3) is 12.3. The van der Waals surface area contributed by atoms with E-state index in [1.54, 1.807) is 0 Å². The Labute approximate surface area is 439 Å². The molecule has 0 aliphatic carbocycles. The lowest BCUT2D eigenvalue weighted by Gasteiger charge is -2.49. The molecule has 0 heterocycles. The van der Waals surface area contributed by atoms with Crippen LogP contribution in [0.4, 0.5) is 11.4 Å². The lowest BCUT2D eigenvalue weighted by atomic mass is 10.2. The highest BCUT2D eigenvalue weighted by Crippen LogP contribution is 2.55. The Balaban J connectivity index is 3.74. The summed E-state index contributed by atoms with van der Waals surface area (Å²) in [5.41, 5.74) is 10.1. The molecule has 0 aliphatic heterocycles. The number of anilines is 2. The Hall–Kier alpha value is -3.37. The largest absolute Gasteiger partial charge is 0.378 e. The van der Waals surface area contributed by atoms with Crippen LogP contribution >= 0.6 is 0 Å². The molecule has 0 spiro atoms. The Morgan fingerprint density at radius 3 is 0.614 bits per heavy atom. The van der Waals surface area contributed by atoms with Crippen molar-refractivity contribution in [2.75, 3.05) is 38.0 Å². The van der Waals surface area contributed by atoms with Crippen LogP contribution in [-0.2, 0) is 0 Å². The van der Waals surface area contributed by atoms with Crippen molar-refractivity contribution in [3.63, 3.8) is 0 Å². The maximum absolute atomic E-state index is 4.16. The maximum Gasteiger partial charge on any atom is 0.106 e. The molecule has 2 rings (SSSR count). The highest BCUT2D eigenvalue weighted by Gasteiger charge is 2.55. The second-order valence-electron chi connectivity index (χ2n) is 25.0. The van der Waals surface area contributed by atoms with E-state index >= 15 is 0 Å². The summed E-state index contributed by atoms with van der Waals surface area (Å²) in [7, 11) is -1.18. The van der Waals surface area contributed by atoms with Crippen LogP contribution < -0.4 is 9.80 Å². The van der Waals surface area contributed by atoms with Crippen molar-refractivity contribution in [3.05, 3.63) is 80.4 Å². The Morgan fingerprint density at radius 1 is 0.286 bits per heavy atom. The molecule has 0 bridgehead atoms.